The van der Waals surface area contributed by atoms with E-state index < -0.39 is 78.6 Å². The maximum Gasteiger partial charge on any atom is 1.00 e. The molecule has 18 nitrogen and oxygen atoms in total. The molecule has 0 atom stereocenters. The van der Waals surface area contributed by atoms with Crippen LogP contribution in [0.3, 0.4) is 0 Å². The van der Waals surface area contributed by atoms with Crippen molar-refractivity contribution in [3.8, 4) is 5.75 Å². The van der Waals surface area contributed by atoms with E-state index in [1.54, 1.807) is 4.90 Å². The van der Waals surface area contributed by atoms with E-state index in [0.717, 1.165) is 18.2 Å². The number of benzene rings is 3. The fourth-order valence-electron chi connectivity index (χ4n) is 4.41. The van der Waals surface area contributed by atoms with Gasteiger partial charge in [0.15, 0.2) is 0 Å². The first-order valence-electron chi connectivity index (χ1n) is 12.7. The molecule has 49 heavy (non-hydrogen) atoms. The Hall–Kier alpha value is -1.09. The summed E-state index contributed by atoms with van der Waals surface area (Å²) in [6, 6.07) is 5.69. The van der Waals surface area contributed by atoms with Gasteiger partial charge in [0.1, 0.15) is 25.6 Å². The summed E-state index contributed by atoms with van der Waals surface area (Å²) in [4.78, 5) is 11.2. The molecule has 0 saturated carbocycles. The zero-order valence-corrected chi connectivity index (χ0v) is 35.4. The number of rotatable bonds is 8. The number of halogens is 1. The Morgan fingerprint density at radius 3 is 2.12 bits per heavy atom. The van der Waals surface area contributed by atoms with Gasteiger partial charge in [0.05, 0.1) is 23.8 Å². The quantitative estimate of drug-likeness (QED) is 0.0851. The maximum absolute atomic E-state index is 13.8. The van der Waals surface area contributed by atoms with Gasteiger partial charge in [-0.05, 0) is 65.2 Å². The zero-order chi connectivity index (χ0) is 33.6. The first kappa shape index (κ1) is 44.1. The summed E-state index contributed by atoms with van der Waals surface area (Å²) in [5.41, 5.74) is -1.54. The number of hydrogen-bond acceptors (Lipinski definition) is 16. The number of morpholine rings is 1. The summed E-state index contributed by atoms with van der Waals surface area (Å²) in [5.74, 6) is -1.47. The van der Waals surface area contributed by atoms with Crippen LogP contribution in [0, 0.1) is 6.92 Å². The van der Waals surface area contributed by atoms with E-state index in [4.69, 9.17) is 16.3 Å². The van der Waals surface area contributed by atoms with Crippen molar-refractivity contribution in [3.63, 3.8) is 0 Å². The van der Waals surface area contributed by atoms with Crippen LogP contribution in [0.4, 0.5) is 29.0 Å². The summed E-state index contributed by atoms with van der Waals surface area (Å²) in [6.07, 6.45) is 0. The zero-order valence-electron chi connectivity index (χ0n) is 26.1. The minimum atomic E-state index is -5.28. The number of hydrogen-bond donors (Lipinski definition) is 3. The van der Waals surface area contributed by atoms with Gasteiger partial charge in [-0.15, -0.1) is 10.2 Å². The fraction of sp³-hybridized carbons (Fsp3) is 0.208. The van der Waals surface area contributed by atoms with Crippen molar-refractivity contribution >= 4 is 81.7 Å². The first-order chi connectivity index (χ1) is 21.4. The summed E-state index contributed by atoms with van der Waals surface area (Å²) in [7, 11) is -15.3. The molecule has 0 spiro atoms. The molecular formula is C24H20ClN7Na3O11S3+. The van der Waals surface area contributed by atoms with Crippen LogP contribution >= 0.6 is 11.6 Å². The van der Waals surface area contributed by atoms with Crippen molar-refractivity contribution < 1.29 is 137 Å². The molecule has 1 aromatic heterocycles. The number of azo groups is 1. The van der Waals surface area contributed by atoms with Gasteiger partial charge >= 0.3 is 88.7 Å². The van der Waals surface area contributed by atoms with Crippen LogP contribution in [0.2, 0.25) is 5.28 Å². The minimum absolute atomic E-state index is 0. The number of ether oxygens (including phenoxy) is 1. The molecule has 3 aromatic carbocycles. The van der Waals surface area contributed by atoms with E-state index in [9.17, 15) is 44.0 Å². The Labute approximate surface area is 351 Å². The van der Waals surface area contributed by atoms with Gasteiger partial charge < -0.3 is 24.6 Å². The normalized spacial score (nSPS) is 13.8. The molecule has 25 heteroatoms. The van der Waals surface area contributed by atoms with E-state index >= 15 is 0 Å². The number of anilines is 3. The number of aromatic nitrogens is 3. The molecule has 2 heterocycles. The molecule has 244 valence electrons. The summed E-state index contributed by atoms with van der Waals surface area (Å²) in [5, 5.41) is 22.5. The van der Waals surface area contributed by atoms with Crippen molar-refractivity contribution in [1.29, 1.82) is 0 Å². The Morgan fingerprint density at radius 2 is 1.53 bits per heavy atom. The number of nitrogens with zero attached hydrogens (tertiary/aromatic N) is 6. The Morgan fingerprint density at radius 1 is 0.898 bits per heavy atom. The van der Waals surface area contributed by atoms with Crippen LogP contribution in [-0.2, 0) is 35.1 Å². The third kappa shape index (κ3) is 10.5. The molecule has 0 aliphatic carbocycles. The van der Waals surface area contributed by atoms with Crippen molar-refractivity contribution in [2.75, 3.05) is 36.5 Å². The standard InChI is InChI=1S/C24H22ClN7O11S3.3Na/c1-12-2-3-15(17(8-12)45(37,38)39)30-31-20-18(46(40,41)42)10-13-9-14(44(34,35)36)11-16(19(13)21(20)33)26-23-27-22(25)28-24(29-23)32-4-6-43-7-5-32;;;/h2-3,8-11,33H,4-7H2,1H3,(H,34,35,36)(H,37,38,39)(H,40,41,42)(H,26,27,28,29);;;/q;3*+1/p-2. The fourth-order valence-corrected chi connectivity index (χ4v) is 6.46. The van der Waals surface area contributed by atoms with Gasteiger partial charge in [-0.25, -0.2) is 8.42 Å². The van der Waals surface area contributed by atoms with Gasteiger partial charge in [-0.3, -0.25) is 9.11 Å². The summed E-state index contributed by atoms with van der Waals surface area (Å²) >= 11 is 6.09. The third-order valence-corrected chi connectivity index (χ3v) is 9.19. The van der Waals surface area contributed by atoms with Crippen LogP contribution < -0.4 is 104 Å². The van der Waals surface area contributed by atoms with E-state index in [1.165, 1.54) is 13.0 Å². The molecular weight excluding hydrogens is 763 g/mol. The number of nitrogens with one attached hydrogen (secondary N) is 1. The molecule has 0 amide bonds. The average molecular weight is 783 g/mol. The Bertz CT molecular complexity index is 2260. The summed E-state index contributed by atoms with van der Waals surface area (Å²) in [6.45, 7) is 3.02. The number of aryl methyl sites for hydroxylation is 1. The second-order valence-electron chi connectivity index (χ2n) is 9.65. The van der Waals surface area contributed by atoms with Crippen molar-refractivity contribution in [2.45, 2.75) is 21.6 Å². The maximum atomic E-state index is 13.8. The SMILES string of the molecule is Cc1ccc(N=Nc2c(S(=O)(=O)O)cc3cc(S(=O)(=O)[O-])cc(Nc4nc(Cl)nc(N5CCOCC5)n4)c3c2[O-])c(S(=O)(=O)O)c1.[Na+].[Na+].[Na+]. The molecule has 1 aliphatic rings. The van der Waals surface area contributed by atoms with Crippen LogP contribution in [-0.4, -0.2) is 80.2 Å². The molecule has 3 N–H and O–H groups in total. The second-order valence-corrected chi connectivity index (χ2v) is 14.1. The molecule has 5 rings (SSSR count). The molecule has 1 saturated heterocycles. The van der Waals surface area contributed by atoms with E-state index in [-0.39, 0.29) is 106 Å². The Kier molecular flexibility index (Phi) is 15.4. The molecule has 1 aliphatic heterocycles. The first-order valence-corrected chi connectivity index (χ1v) is 17.3. The van der Waals surface area contributed by atoms with Crippen molar-refractivity contribution in [1.82, 2.24) is 15.0 Å². The van der Waals surface area contributed by atoms with Gasteiger partial charge in [-0.1, -0.05) is 11.8 Å². The molecule has 0 unspecified atom stereocenters. The van der Waals surface area contributed by atoms with Crippen molar-refractivity contribution in [3.05, 3.63) is 47.2 Å². The minimum Gasteiger partial charge on any atom is -0.870 e. The van der Waals surface area contributed by atoms with Crippen LogP contribution in [0.1, 0.15) is 5.56 Å². The average Bonchev–Trinajstić information content (AvgIpc) is 2.95. The van der Waals surface area contributed by atoms with Gasteiger partial charge in [0.25, 0.3) is 20.2 Å². The second kappa shape index (κ2) is 17.2. The topological polar surface area (TPSA) is 277 Å². The van der Waals surface area contributed by atoms with Gasteiger partial charge in [-0.2, -0.15) is 31.8 Å². The molecule has 1 fully saturated rings. The third-order valence-electron chi connectivity index (χ3n) is 6.46. The van der Waals surface area contributed by atoms with E-state index in [2.05, 4.69) is 30.5 Å². The summed E-state index contributed by atoms with van der Waals surface area (Å²) < 4.78 is 109. The van der Waals surface area contributed by atoms with Crippen LogP contribution in [0.25, 0.3) is 10.8 Å². The predicted molar refractivity (Wildman–Crippen MR) is 157 cm³/mol. The van der Waals surface area contributed by atoms with E-state index in [0.29, 0.717) is 44.0 Å². The van der Waals surface area contributed by atoms with Crippen LogP contribution in [0.5, 0.6) is 5.75 Å². The van der Waals surface area contributed by atoms with Gasteiger partial charge in [0.2, 0.25) is 17.2 Å². The number of fused-ring (bicyclic) bond motifs is 1. The van der Waals surface area contributed by atoms with Crippen molar-refractivity contribution in [2.24, 2.45) is 10.2 Å². The predicted octanol–water partition coefficient (Wildman–Crippen LogP) is -6.53. The smallest absolute Gasteiger partial charge is 0.870 e. The van der Waals surface area contributed by atoms with E-state index in [1.807, 2.05) is 0 Å². The van der Waals surface area contributed by atoms with Gasteiger partial charge in [0, 0.05) is 18.8 Å². The monoisotopic (exact) mass is 782 g/mol. The largest absolute Gasteiger partial charge is 1.00 e. The molecule has 4 aromatic rings. The molecule has 0 radical (unpaired) electrons. The van der Waals surface area contributed by atoms with Crippen LogP contribution in [0.15, 0.2) is 61.3 Å². The Balaban J connectivity index is 0.00000278. The molecule has 0 bridgehead atoms.